The molecule has 41 heavy (non-hydrogen) atoms. The van der Waals surface area contributed by atoms with Gasteiger partial charge in [-0.05, 0) is 36.8 Å². The van der Waals surface area contributed by atoms with E-state index in [4.69, 9.17) is 4.98 Å². The molecule has 214 valence electrons. The van der Waals surface area contributed by atoms with Crippen molar-refractivity contribution in [3.8, 4) is 17.3 Å². The van der Waals surface area contributed by atoms with Crippen LogP contribution >= 0.6 is 11.3 Å². The Morgan fingerprint density at radius 2 is 1.90 bits per heavy atom. The number of nitriles is 1. The summed E-state index contributed by atoms with van der Waals surface area (Å²) in [5.41, 5.74) is 2.98. The Balaban J connectivity index is 1.21. The Morgan fingerprint density at radius 1 is 1.20 bits per heavy atom. The molecule has 1 amide bonds. The fourth-order valence-electron chi connectivity index (χ4n) is 6.04. The van der Waals surface area contributed by atoms with E-state index in [0.29, 0.717) is 34.2 Å². The predicted octanol–water partition coefficient (Wildman–Crippen LogP) is 3.48. The highest BCUT2D eigenvalue weighted by Gasteiger charge is 2.53. The van der Waals surface area contributed by atoms with Gasteiger partial charge in [-0.1, -0.05) is 18.3 Å². The smallest absolute Gasteiger partial charge is 0.236 e. The predicted molar refractivity (Wildman–Crippen MR) is 153 cm³/mol. The van der Waals surface area contributed by atoms with Crippen molar-refractivity contribution in [3.63, 3.8) is 0 Å². The molecule has 1 aromatic carbocycles. The number of thiazole rings is 1. The van der Waals surface area contributed by atoms with Gasteiger partial charge in [-0.25, -0.2) is 13.8 Å². The second kappa shape index (κ2) is 10.2. The first-order valence-corrected chi connectivity index (χ1v) is 14.4. The van der Waals surface area contributed by atoms with Crippen LogP contribution in [0.1, 0.15) is 18.2 Å². The summed E-state index contributed by atoms with van der Waals surface area (Å²) < 4.78 is 29.0. The van der Waals surface area contributed by atoms with Crippen LogP contribution in [0.3, 0.4) is 0 Å². The summed E-state index contributed by atoms with van der Waals surface area (Å²) in [5.74, 6) is 0.249. The van der Waals surface area contributed by atoms with Gasteiger partial charge in [-0.15, -0.1) is 0 Å². The van der Waals surface area contributed by atoms with Gasteiger partial charge in [-0.3, -0.25) is 9.69 Å². The van der Waals surface area contributed by atoms with Crippen LogP contribution < -0.4 is 10.2 Å². The van der Waals surface area contributed by atoms with Crippen LogP contribution in [-0.4, -0.2) is 90.5 Å². The van der Waals surface area contributed by atoms with Gasteiger partial charge in [0, 0.05) is 64.5 Å². The van der Waals surface area contributed by atoms with E-state index < -0.39 is 6.17 Å². The summed E-state index contributed by atoms with van der Waals surface area (Å²) in [5, 5.41) is 13.7. The number of nitrogens with one attached hydrogen (secondary N) is 1. The number of rotatable bonds is 7. The van der Waals surface area contributed by atoms with Crippen molar-refractivity contribution in [2.75, 3.05) is 58.8 Å². The van der Waals surface area contributed by atoms with Crippen molar-refractivity contribution in [2.45, 2.75) is 19.5 Å². The van der Waals surface area contributed by atoms with E-state index in [1.165, 1.54) is 23.5 Å². The molecule has 0 bridgehead atoms. The van der Waals surface area contributed by atoms with E-state index in [-0.39, 0.29) is 23.0 Å². The van der Waals surface area contributed by atoms with Gasteiger partial charge in [0.25, 0.3) is 0 Å². The van der Waals surface area contributed by atoms with E-state index in [9.17, 15) is 14.4 Å². The first-order chi connectivity index (χ1) is 19.6. The van der Waals surface area contributed by atoms with E-state index in [1.807, 2.05) is 30.0 Å². The molecule has 9 nitrogen and oxygen atoms in total. The number of halogens is 2. The fourth-order valence-corrected chi connectivity index (χ4v) is 6.89. The van der Waals surface area contributed by atoms with Gasteiger partial charge in [0.05, 0.1) is 17.9 Å². The number of carbonyl (C=O) groups excluding carboxylic acids is 1. The maximum absolute atomic E-state index is 15.5. The Bertz CT molecular complexity index is 1510. The van der Waals surface area contributed by atoms with Crippen LogP contribution in [0.2, 0.25) is 0 Å². The average Bonchev–Trinajstić information content (AvgIpc) is 3.51. The van der Waals surface area contributed by atoms with Crippen molar-refractivity contribution in [2.24, 2.45) is 5.41 Å². The van der Waals surface area contributed by atoms with Crippen LogP contribution in [0.5, 0.6) is 0 Å². The molecule has 4 aliphatic rings. The van der Waals surface area contributed by atoms with Crippen molar-refractivity contribution in [1.29, 1.82) is 5.26 Å². The lowest BCUT2D eigenvalue weighted by molar-refractivity contribution is -0.140. The molecule has 0 radical (unpaired) electrons. The van der Waals surface area contributed by atoms with Gasteiger partial charge in [0.15, 0.2) is 11.3 Å². The van der Waals surface area contributed by atoms with E-state index in [0.717, 1.165) is 43.4 Å². The van der Waals surface area contributed by atoms with Crippen molar-refractivity contribution >= 4 is 22.4 Å². The minimum Gasteiger partial charge on any atom is -0.369 e. The fraction of sp³-hybridized carbons (Fsp3) is 0.414. The van der Waals surface area contributed by atoms with Crippen LogP contribution in [0, 0.1) is 22.6 Å². The molecule has 1 unspecified atom stereocenters. The monoisotopic (exact) mass is 578 g/mol. The third-order valence-electron chi connectivity index (χ3n) is 8.11. The molecule has 6 rings (SSSR count). The second-order valence-corrected chi connectivity index (χ2v) is 12.3. The minimum atomic E-state index is -0.649. The molecule has 12 heteroatoms. The number of carbonyl (C=O) groups is 1. The quantitative estimate of drug-likeness (QED) is 0.535. The Labute approximate surface area is 242 Å². The van der Waals surface area contributed by atoms with Gasteiger partial charge < -0.3 is 24.9 Å². The molecule has 1 aromatic heterocycles. The summed E-state index contributed by atoms with van der Waals surface area (Å²) in [6.07, 6.45) is 3.59. The number of allylic oxidation sites excluding steroid dienone is 2. The summed E-state index contributed by atoms with van der Waals surface area (Å²) in [6.45, 7) is 5.81. The van der Waals surface area contributed by atoms with Crippen LogP contribution in [0.15, 0.2) is 59.6 Å². The number of fused-ring (bicyclic) bond motifs is 1. The van der Waals surface area contributed by atoms with Gasteiger partial charge in [-0.2, -0.15) is 5.26 Å². The molecule has 1 spiro atoms. The SMILES string of the molecule is CCC1=C(N(C)c2nc(-c3ccc(F)cc3)c(C#N)s2)N2C=C(N3CC4(CN(CC(=O)N(C)C)C4)C3)C=C(F)C2N1. The number of amides is 1. The lowest BCUT2D eigenvalue weighted by atomic mass is 9.72. The summed E-state index contributed by atoms with van der Waals surface area (Å²) >= 11 is 1.25. The number of aromatic nitrogens is 1. The van der Waals surface area contributed by atoms with Crippen LogP contribution in [0.25, 0.3) is 11.3 Å². The van der Waals surface area contributed by atoms with Crippen molar-refractivity contribution in [1.82, 2.24) is 29.9 Å². The summed E-state index contributed by atoms with van der Waals surface area (Å²) in [4.78, 5) is 27.0. The topological polar surface area (TPSA) is 82.0 Å². The lowest BCUT2D eigenvalue weighted by Gasteiger charge is -2.61. The zero-order valence-electron chi connectivity index (χ0n) is 23.5. The lowest BCUT2D eigenvalue weighted by Crippen LogP contribution is -2.72. The molecule has 5 heterocycles. The molecule has 0 saturated carbocycles. The second-order valence-electron chi connectivity index (χ2n) is 11.3. The normalized spacial score (nSPS) is 21.0. The number of hydrogen-bond acceptors (Lipinski definition) is 9. The standard InChI is InChI=1S/C29H32F2N8OS/c1-5-22-27(36(4)28-34-25(23(11-32)41-28)18-6-8-19(30)9-7-18)39-12-20(10-21(31)26(39)33-22)38-16-29(17-38)14-37(15-29)13-24(40)35(2)3/h6-10,12,26,33H,5,13-17H2,1-4H3. The maximum atomic E-state index is 15.5. The Kier molecular flexibility index (Phi) is 6.74. The molecular weight excluding hydrogens is 546 g/mol. The highest BCUT2D eigenvalue weighted by molar-refractivity contribution is 7.16. The first-order valence-electron chi connectivity index (χ1n) is 13.6. The van der Waals surface area contributed by atoms with Gasteiger partial charge >= 0.3 is 0 Å². The molecule has 1 atom stereocenters. The number of benzene rings is 1. The average molecular weight is 579 g/mol. The Morgan fingerprint density at radius 3 is 2.54 bits per heavy atom. The van der Waals surface area contributed by atoms with Crippen molar-refractivity contribution < 1.29 is 13.6 Å². The largest absolute Gasteiger partial charge is 0.369 e. The molecule has 4 aliphatic heterocycles. The highest BCUT2D eigenvalue weighted by Crippen LogP contribution is 2.44. The molecular formula is C29H32F2N8OS. The third-order valence-corrected chi connectivity index (χ3v) is 9.15. The maximum Gasteiger partial charge on any atom is 0.236 e. The molecule has 2 fully saturated rings. The number of hydrogen-bond donors (Lipinski definition) is 1. The van der Waals surface area contributed by atoms with Crippen molar-refractivity contribution in [3.05, 3.63) is 70.3 Å². The number of likely N-dealkylation sites (tertiary alicyclic amines) is 2. The minimum absolute atomic E-state index is 0.102. The zero-order chi connectivity index (χ0) is 29.1. The third kappa shape index (κ3) is 4.73. The van der Waals surface area contributed by atoms with E-state index in [1.54, 1.807) is 37.2 Å². The Hall–Kier alpha value is -3.95. The van der Waals surface area contributed by atoms with E-state index >= 15 is 4.39 Å². The van der Waals surface area contributed by atoms with Gasteiger partial charge in [0.2, 0.25) is 5.91 Å². The summed E-state index contributed by atoms with van der Waals surface area (Å²) in [7, 11) is 5.40. The van der Waals surface area contributed by atoms with Crippen LogP contribution in [0.4, 0.5) is 13.9 Å². The molecule has 2 saturated heterocycles. The number of nitrogens with zero attached hydrogens (tertiary/aromatic N) is 7. The van der Waals surface area contributed by atoms with Gasteiger partial charge in [0.1, 0.15) is 34.1 Å². The summed E-state index contributed by atoms with van der Waals surface area (Å²) in [6, 6.07) is 8.14. The molecule has 0 aliphatic carbocycles. The number of likely N-dealkylation sites (N-methyl/N-ethyl adjacent to an activating group) is 1. The van der Waals surface area contributed by atoms with Crippen LogP contribution in [-0.2, 0) is 4.79 Å². The van der Waals surface area contributed by atoms with E-state index in [2.05, 4.69) is 21.2 Å². The first kappa shape index (κ1) is 27.2. The molecule has 1 N–H and O–H groups in total. The zero-order valence-corrected chi connectivity index (χ0v) is 24.3. The molecule has 2 aromatic rings. The number of anilines is 1. The highest BCUT2D eigenvalue weighted by atomic mass is 32.1.